The predicted molar refractivity (Wildman–Crippen MR) is 131 cm³/mol. The van der Waals surface area contributed by atoms with Gasteiger partial charge in [0.05, 0.1) is 10.7 Å². The normalized spacial score (nSPS) is 17.6. The van der Waals surface area contributed by atoms with E-state index in [4.69, 9.17) is 28.9 Å². The first-order valence-electron chi connectivity index (χ1n) is 10.8. The lowest BCUT2D eigenvalue weighted by atomic mass is 10.0. The van der Waals surface area contributed by atoms with Crippen LogP contribution in [-0.4, -0.2) is 36.7 Å². The molecule has 0 spiro atoms. The molecule has 10 heteroatoms. The number of nitrogens with zero attached hydrogens (tertiary/aromatic N) is 4. The third-order valence-electron chi connectivity index (χ3n) is 6.13. The van der Waals surface area contributed by atoms with E-state index >= 15 is 8.78 Å². The van der Waals surface area contributed by atoms with E-state index in [0.717, 1.165) is 11.3 Å². The smallest absolute Gasteiger partial charge is 0.334 e. The van der Waals surface area contributed by atoms with Crippen LogP contribution >= 0.6 is 23.2 Å². The van der Waals surface area contributed by atoms with E-state index in [-0.39, 0.29) is 18.3 Å². The van der Waals surface area contributed by atoms with E-state index in [1.807, 2.05) is 4.90 Å². The van der Waals surface area contributed by atoms with Gasteiger partial charge in [-0.3, -0.25) is 9.80 Å². The van der Waals surface area contributed by atoms with E-state index in [9.17, 15) is 4.79 Å². The van der Waals surface area contributed by atoms with Crippen molar-refractivity contribution in [2.75, 3.05) is 34.3 Å². The van der Waals surface area contributed by atoms with Crippen molar-refractivity contribution in [1.29, 1.82) is 0 Å². The zero-order valence-electron chi connectivity index (χ0n) is 18.2. The number of rotatable bonds is 3. The Kier molecular flexibility index (Phi) is 5.83. The second-order valence-corrected chi connectivity index (χ2v) is 9.17. The van der Waals surface area contributed by atoms with Crippen molar-refractivity contribution in [2.24, 2.45) is 5.73 Å². The van der Waals surface area contributed by atoms with Crippen LogP contribution in [-0.2, 0) is 0 Å². The number of benzene rings is 2. The van der Waals surface area contributed by atoms with Crippen LogP contribution in [0, 0.1) is 11.6 Å². The summed E-state index contributed by atoms with van der Waals surface area (Å²) in [5.41, 5.74) is 7.15. The number of pyridine rings is 1. The van der Waals surface area contributed by atoms with Gasteiger partial charge in [0.15, 0.2) is 11.6 Å². The maximum absolute atomic E-state index is 15.6. The molecule has 3 aromatic rings. The highest BCUT2D eigenvalue weighted by molar-refractivity contribution is 6.32. The number of carbonyl (C=O) groups excluding carboxylic acids is 1. The number of halogens is 4. The van der Waals surface area contributed by atoms with E-state index in [2.05, 4.69) is 4.98 Å². The van der Waals surface area contributed by atoms with Crippen molar-refractivity contribution in [2.45, 2.75) is 19.4 Å². The highest BCUT2D eigenvalue weighted by Crippen LogP contribution is 2.46. The van der Waals surface area contributed by atoms with Gasteiger partial charge in [-0.2, -0.15) is 0 Å². The number of amides is 2. The molecule has 34 heavy (non-hydrogen) atoms. The van der Waals surface area contributed by atoms with Crippen LogP contribution in [0.15, 0.2) is 42.6 Å². The van der Waals surface area contributed by atoms with Crippen molar-refractivity contribution in [1.82, 2.24) is 4.98 Å². The molecule has 0 aliphatic carbocycles. The Morgan fingerprint density at radius 3 is 2.47 bits per heavy atom. The summed E-state index contributed by atoms with van der Waals surface area (Å²) in [4.78, 5) is 22.3. The summed E-state index contributed by atoms with van der Waals surface area (Å²) in [5.74, 6) is -1.41. The highest BCUT2D eigenvalue weighted by Gasteiger charge is 2.36. The maximum Gasteiger partial charge on any atom is 0.334 e. The van der Waals surface area contributed by atoms with Crippen molar-refractivity contribution in [3.05, 3.63) is 64.3 Å². The van der Waals surface area contributed by atoms with Crippen LogP contribution in [0.4, 0.5) is 36.5 Å². The summed E-state index contributed by atoms with van der Waals surface area (Å²) in [5, 5.41) is 0.670. The highest BCUT2D eigenvalue weighted by atomic mass is 35.5. The molecule has 3 heterocycles. The molecule has 0 saturated carbocycles. The number of aromatic nitrogens is 1. The largest absolute Gasteiger partial charge is 0.370 e. The van der Waals surface area contributed by atoms with E-state index < -0.39 is 23.4 Å². The topological polar surface area (TPSA) is 65.7 Å². The molecule has 2 amide bonds. The van der Waals surface area contributed by atoms with Crippen LogP contribution in [0.2, 0.25) is 10.0 Å². The summed E-state index contributed by atoms with van der Waals surface area (Å²) in [6, 6.07) is 8.25. The molecule has 0 bridgehead atoms. The van der Waals surface area contributed by atoms with Crippen molar-refractivity contribution in [3.8, 4) is 11.1 Å². The van der Waals surface area contributed by atoms with E-state index in [0.29, 0.717) is 45.8 Å². The van der Waals surface area contributed by atoms with E-state index in [1.54, 1.807) is 25.1 Å². The number of anilines is 4. The second-order valence-electron chi connectivity index (χ2n) is 8.30. The van der Waals surface area contributed by atoms with Crippen LogP contribution < -0.4 is 20.4 Å². The molecule has 5 rings (SSSR count). The van der Waals surface area contributed by atoms with Crippen LogP contribution in [0.1, 0.15) is 13.3 Å². The predicted octanol–water partition coefficient (Wildman–Crippen LogP) is 5.97. The SMILES string of the molecule is CCN1C(=O)N(c2c(F)cc(N3CC[C@H](N)C3)cc2F)c2cc(Cl)ccc2-c2cc(Cl)cnc21. The third-order valence-corrected chi connectivity index (χ3v) is 6.58. The molecule has 2 aliphatic rings. The number of fused-ring (bicyclic) bond motifs is 3. The Hall–Kier alpha value is -2.94. The summed E-state index contributed by atoms with van der Waals surface area (Å²) in [7, 11) is 0. The van der Waals surface area contributed by atoms with Crippen LogP contribution in [0.3, 0.4) is 0 Å². The lowest BCUT2D eigenvalue weighted by Gasteiger charge is -2.29. The van der Waals surface area contributed by atoms with Gasteiger partial charge in [-0.1, -0.05) is 29.3 Å². The minimum absolute atomic E-state index is 0.0528. The zero-order valence-corrected chi connectivity index (χ0v) is 19.7. The van der Waals surface area contributed by atoms with Gasteiger partial charge >= 0.3 is 6.03 Å². The standard InChI is InChI=1S/C24H21Cl2F2N5O/c1-2-32-23-18(7-14(26)11-30-23)17-4-3-13(25)8-21(17)33(24(32)34)22-19(27)9-16(10-20(22)28)31-6-5-15(29)12-31/h3-4,7-11,15H,2,5-6,12,29H2,1H3/t15-/m0/s1. The molecule has 2 aliphatic heterocycles. The Labute approximate surface area is 205 Å². The molecule has 176 valence electrons. The van der Waals surface area contributed by atoms with Crippen LogP contribution in [0.25, 0.3) is 11.1 Å². The second kappa shape index (κ2) is 8.69. The molecule has 1 atom stereocenters. The number of hydrogen-bond donors (Lipinski definition) is 1. The monoisotopic (exact) mass is 503 g/mol. The Morgan fingerprint density at radius 1 is 1.09 bits per heavy atom. The minimum atomic E-state index is -0.872. The van der Waals surface area contributed by atoms with Gasteiger partial charge in [0, 0.05) is 53.7 Å². The lowest BCUT2D eigenvalue weighted by Crippen LogP contribution is -2.41. The quantitative estimate of drug-likeness (QED) is 0.478. The summed E-state index contributed by atoms with van der Waals surface area (Å²) in [6.45, 7) is 3.08. The summed E-state index contributed by atoms with van der Waals surface area (Å²) >= 11 is 12.5. The first-order valence-corrected chi connectivity index (χ1v) is 11.6. The van der Waals surface area contributed by atoms with Gasteiger partial charge in [-0.25, -0.2) is 18.6 Å². The molecule has 2 N–H and O–H groups in total. The van der Waals surface area contributed by atoms with Gasteiger partial charge < -0.3 is 10.6 Å². The maximum atomic E-state index is 15.6. The molecule has 1 fully saturated rings. The third kappa shape index (κ3) is 3.76. The van der Waals surface area contributed by atoms with Crippen LogP contribution in [0.5, 0.6) is 0 Å². The molecular formula is C24H21Cl2F2N5O. The average molecular weight is 504 g/mol. The lowest BCUT2D eigenvalue weighted by molar-refractivity contribution is 0.253. The first-order chi connectivity index (χ1) is 16.3. The van der Waals surface area contributed by atoms with Gasteiger partial charge in [0.2, 0.25) is 0 Å². The fourth-order valence-corrected chi connectivity index (χ4v) is 4.87. The average Bonchev–Trinajstić information content (AvgIpc) is 3.20. The fraction of sp³-hybridized carbons (Fsp3) is 0.250. The summed E-state index contributed by atoms with van der Waals surface area (Å²) in [6.07, 6.45) is 2.17. The Balaban J connectivity index is 1.72. The van der Waals surface area contributed by atoms with Crippen molar-refractivity contribution >= 4 is 52.1 Å². The molecule has 1 saturated heterocycles. The minimum Gasteiger partial charge on any atom is -0.370 e. The fourth-order valence-electron chi connectivity index (χ4n) is 4.55. The number of carbonyl (C=O) groups is 1. The number of hydrogen-bond acceptors (Lipinski definition) is 4. The van der Waals surface area contributed by atoms with Crippen molar-refractivity contribution < 1.29 is 13.6 Å². The van der Waals surface area contributed by atoms with Gasteiger partial charge in [0.25, 0.3) is 0 Å². The first kappa shape index (κ1) is 22.8. The molecule has 1 aromatic heterocycles. The van der Waals surface area contributed by atoms with E-state index in [1.165, 1.54) is 29.3 Å². The number of nitrogens with two attached hydrogens (primary N) is 1. The molecule has 2 aromatic carbocycles. The zero-order chi connectivity index (χ0) is 24.1. The van der Waals surface area contributed by atoms with Gasteiger partial charge in [0.1, 0.15) is 11.5 Å². The Bertz CT molecular complexity index is 1280. The molecular weight excluding hydrogens is 483 g/mol. The summed E-state index contributed by atoms with van der Waals surface area (Å²) < 4.78 is 31.2. The number of urea groups is 1. The van der Waals surface area contributed by atoms with Gasteiger partial charge in [-0.15, -0.1) is 0 Å². The van der Waals surface area contributed by atoms with Crippen molar-refractivity contribution in [3.63, 3.8) is 0 Å². The van der Waals surface area contributed by atoms with Gasteiger partial charge in [-0.05, 0) is 43.7 Å². The molecule has 6 nitrogen and oxygen atoms in total. The molecule has 0 unspecified atom stereocenters. The Morgan fingerprint density at radius 2 is 1.82 bits per heavy atom. The molecule has 0 radical (unpaired) electrons.